The molecule has 0 aliphatic carbocycles. The number of nitrogens with zero attached hydrogens (tertiary/aromatic N) is 5. The second kappa shape index (κ2) is 6.71. The summed E-state index contributed by atoms with van der Waals surface area (Å²) in [6.07, 6.45) is 1.82. The number of rotatable bonds is 3. The van der Waals surface area contributed by atoms with Gasteiger partial charge in [0.15, 0.2) is 10.8 Å². The first-order valence-electron chi connectivity index (χ1n) is 9.37. The van der Waals surface area contributed by atoms with Crippen LogP contribution in [0.2, 0.25) is 0 Å². The molecule has 3 aromatic heterocycles. The van der Waals surface area contributed by atoms with E-state index in [4.69, 9.17) is 9.97 Å². The van der Waals surface area contributed by atoms with Crippen LogP contribution in [0.4, 0.5) is 10.9 Å². The van der Waals surface area contributed by atoms with Crippen LogP contribution in [0.25, 0.3) is 16.7 Å². The van der Waals surface area contributed by atoms with Crippen LogP contribution in [-0.2, 0) is 0 Å². The summed E-state index contributed by atoms with van der Waals surface area (Å²) in [6, 6.07) is 4.47. The summed E-state index contributed by atoms with van der Waals surface area (Å²) < 4.78 is 2.29. The molecule has 6 heteroatoms. The van der Waals surface area contributed by atoms with Crippen molar-refractivity contribution in [3.8, 4) is 5.69 Å². The van der Waals surface area contributed by atoms with Gasteiger partial charge in [-0.3, -0.25) is 4.57 Å². The fraction of sp³-hybridized carbons (Fsp3) is 0.318. The summed E-state index contributed by atoms with van der Waals surface area (Å²) in [7, 11) is 2.02. The number of thiazole rings is 1. The Hall–Kier alpha value is -2.73. The molecule has 0 atom stereocenters. The van der Waals surface area contributed by atoms with Crippen LogP contribution in [0.3, 0.4) is 0 Å². The van der Waals surface area contributed by atoms with Gasteiger partial charge in [-0.1, -0.05) is 17.7 Å². The Labute approximate surface area is 169 Å². The van der Waals surface area contributed by atoms with Crippen molar-refractivity contribution >= 4 is 33.3 Å². The van der Waals surface area contributed by atoms with Gasteiger partial charge in [0.1, 0.15) is 11.6 Å². The van der Waals surface area contributed by atoms with E-state index in [0.29, 0.717) is 0 Å². The van der Waals surface area contributed by atoms with Crippen molar-refractivity contribution in [1.29, 1.82) is 0 Å². The lowest BCUT2D eigenvalue weighted by atomic mass is 10.0. The quantitative estimate of drug-likeness (QED) is 0.463. The molecule has 0 aliphatic rings. The third-order valence-electron chi connectivity index (χ3n) is 5.33. The van der Waals surface area contributed by atoms with Crippen LogP contribution in [0.15, 0.2) is 23.7 Å². The van der Waals surface area contributed by atoms with Crippen LogP contribution >= 0.6 is 11.3 Å². The lowest BCUT2D eigenvalue weighted by Gasteiger charge is -2.18. The van der Waals surface area contributed by atoms with Crippen LogP contribution in [0.1, 0.15) is 33.8 Å². The molecule has 0 unspecified atom stereocenters. The first-order valence-corrected chi connectivity index (χ1v) is 10.2. The molecule has 1 aromatic carbocycles. The number of fused-ring (bicyclic) bond motifs is 1. The molecule has 0 spiro atoms. The van der Waals surface area contributed by atoms with Crippen molar-refractivity contribution in [2.75, 3.05) is 11.9 Å². The van der Waals surface area contributed by atoms with E-state index in [1.165, 1.54) is 33.6 Å². The summed E-state index contributed by atoms with van der Waals surface area (Å²) in [5.41, 5.74) is 8.34. The second-order valence-corrected chi connectivity index (χ2v) is 8.33. The third-order valence-corrected chi connectivity index (χ3v) is 6.18. The maximum atomic E-state index is 4.87. The molecule has 28 heavy (non-hydrogen) atoms. The SMILES string of the molecule is Cc1cc(C)c(-n2c(C)c(C)c3c(N(C)c4nccs4)nc(C)nc32)c(C)c1. The summed E-state index contributed by atoms with van der Waals surface area (Å²) in [6.45, 7) is 12.8. The molecule has 0 amide bonds. The molecule has 4 rings (SSSR count). The van der Waals surface area contributed by atoms with Crippen molar-refractivity contribution in [1.82, 2.24) is 19.5 Å². The molecule has 3 heterocycles. The normalized spacial score (nSPS) is 11.4. The number of hydrogen-bond donors (Lipinski definition) is 0. The monoisotopic (exact) mass is 391 g/mol. The molecule has 0 bridgehead atoms. The van der Waals surface area contributed by atoms with Crippen LogP contribution in [0, 0.1) is 41.5 Å². The summed E-state index contributed by atoms with van der Waals surface area (Å²) in [4.78, 5) is 16.2. The van der Waals surface area contributed by atoms with Crippen molar-refractivity contribution in [2.24, 2.45) is 0 Å². The highest BCUT2D eigenvalue weighted by molar-refractivity contribution is 7.13. The van der Waals surface area contributed by atoms with Gasteiger partial charge in [0.25, 0.3) is 0 Å². The zero-order valence-electron chi connectivity index (χ0n) is 17.5. The van der Waals surface area contributed by atoms with Crippen molar-refractivity contribution in [3.05, 3.63) is 57.5 Å². The first kappa shape index (κ1) is 18.6. The zero-order valence-corrected chi connectivity index (χ0v) is 18.3. The summed E-state index contributed by atoms with van der Waals surface area (Å²) >= 11 is 1.61. The summed E-state index contributed by atoms with van der Waals surface area (Å²) in [5.74, 6) is 1.66. The van der Waals surface area contributed by atoms with Crippen LogP contribution in [-0.4, -0.2) is 26.6 Å². The second-order valence-electron chi connectivity index (χ2n) is 7.46. The number of aromatic nitrogens is 4. The minimum absolute atomic E-state index is 0.757. The molecule has 0 fully saturated rings. The minimum atomic E-state index is 0.757. The Morgan fingerprint density at radius 1 is 0.964 bits per heavy atom. The molecule has 4 aromatic rings. The van der Waals surface area contributed by atoms with Gasteiger partial charge in [-0.2, -0.15) is 0 Å². The van der Waals surface area contributed by atoms with E-state index in [0.717, 1.165) is 27.8 Å². The van der Waals surface area contributed by atoms with E-state index in [1.807, 2.05) is 25.5 Å². The highest BCUT2D eigenvalue weighted by Gasteiger charge is 2.23. The minimum Gasteiger partial charge on any atom is -0.305 e. The summed E-state index contributed by atoms with van der Waals surface area (Å²) in [5, 5.41) is 3.99. The zero-order chi connectivity index (χ0) is 20.2. The maximum absolute atomic E-state index is 4.87. The Balaban J connectivity index is 2.08. The van der Waals surface area contributed by atoms with Crippen LogP contribution in [0.5, 0.6) is 0 Å². The highest BCUT2D eigenvalue weighted by Crippen LogP contribution is 2.37. The lowest BCUT2D eigenvalue weighted by molar-refractivity contribution is 0.967. The van der Waals surface area contributed by atoms with Crippen molar-refractivity contribution in [3.63, 3.8) is 0 Å². The van der Waals surface area contributed by atoms with E-state index < -0.39 is 0 Å². The third kappa shape index (κ3) is 2.79. The number of anilines is 2. The molecule has 144 valence electrons. The predicted octanol–water partition coefficient (Wildman–Crippen LogP) is 5.50. The fourth-order valence-electron chi connectivity index (χ4n) is 4.06. The predicted molar refractivity (Wildman–Crippen MR) is 117 cm³/mol. The van der Waals surface area contributed by atoms with Crippen LogP contribution < -0.4 is 4.90 Å². The average Bonchev–Trinajstić information content (AvgIpc) is 3.23. The number of hydrogen-bond acceptors (Lipinski definition) is 5. The van der Waals surface area contributed by atoms with Gasteiger partial charge in [0.2, 0.25) is 0 Å². The molecule has 0 radical (unpaired) electrons. The molecular weight excluding hydrogens is 366 g/mol. The Bertz CT molecular complexity index is 1160. The van der Waals surface area contributed by atoms with Crippen molar-refractivity contribution < 1.29 is 0 Å². The van der Waals surface area contributed by atoms with E-state index >= 15 is 0 Å². The van der Waals surface area contributed by atoms with Crippen molar-refractivity contribution in [2.45, 2.75) is 41.5 Å². The van der Waals surface area contributed by atoms with Gasteiger partial charge in [-0.05, 0) is 58.2 Å². The molecule has 0 N–H and O–H groups in total. The van der Waals surface area contributed by atoms with E-state index in [9.17, 15) is 0 Å². The number of aryl methyl sites for hydroxylation is 5. The Morgan fingerprint density at radius 2 is 1.64 bits per heavy atom. The van der Waals surface area contributed by atoms with E-state index in [-0.39, 0.29) is 0 Å². The Morgan fingerprint density at radius 3 is 2.25 bits per heavy atom. The standard InChI is InChI=1S/C22H25N5S/c1-12-10-13(2)19(14(3)11-12)27-16(5)15(4)18-20(24-17(6)25-21(18)27)26(7)22-23-8-9-28-22/h8-11H,1-7H3. The molecule has 0 saturated carbocycles. The van der Waals surface area contributed by atoms with Gasteiger partial charge >= 0.3 is 0 Å². The topological polar surface area (TPSA) is 46.8 Å². The molecular formula is C22H25N5S. The highest BCUT2D eigenvalue weighted by atomic mass is 32.1. The molecule has 0 saturated heterocycles. The average molecular weight is 392 g/mol. The van der Waals surface area contributed by atoms with Gasteiger partial charge in [0, 0.05) is 24.3 Å². The lowest BCUT2D eigenvalue weighted by Crippen LogP contribution is -2.13. The molecule has 5 nitrogen and oxygen atoms in total. The van der Waals surface area contributed by atoms with Gasteiger partial charge in [-0.25, -0.2) is 15.0 Å². The maximum Gasteiger partial charge on any atom is 0.190 e. The Kier molecular flexibility index (Phi) is 4.46. The van der Waals surface area contributed by atoms with Gasteiger partial charge in [-0.15, -0.1) is 11.3 Å². The molecule has 0 aliphatic heterocycles. The van der Waals surface area contributed by atoms with E-state index in [2.05, 4.69) is 61.2 Å². The fourth-order valence-corrected chi connectivity index (χ4v) is 4.67. The number of benzene rings is 1. The van der Waals surface area contributed by atoms with E-state index in [1.54, 1.807) is 11.3 Å². The first-order chi connectivity index (χ1) is 13.3. The van der Waals surface area contributed by atoms with Gasteiger partial charge < -0.3 is 4.90 Å². The smallest absolute Gasteiger partial charge is 0.190 e. The van der Waals surface area contributed by atoms with Gasteiger partial charge in [0.05, 0.1) is 11.1 Å². The largest absolute Gasteiger partial charge is 0.305 e.